The third-order valence-electron chi connectivity index (χ3n) is 7.64. The molecular weight excluding hydrogens is 436 g/mol. The van der Waals surface area contributed by atoms with Crippen molar-refractivity contribution in [2.45, 2.75) is 37.3 Å². The predicted molar refractivity (Wildman–Crippen MR) is 138 cm³/mol. The molecule has 0 radical (unpaired) electrons. The third-order valence-corrected chi connectivity index (χ3v) is 7.64. The fraction of sp³-hybridized carbons (Fsp3) is 0.367. The Morgan fingerprint density at radius 2 is 1.57 bits per heavy atom. The number of aliphatic hydroxyl groups excluding tert-OH is 1. The maximum Gasteiger partial charge on any atom is 0.227 e. The maximum absolute atomic E-state index is 13.2. The SMILES string of the molecule is COc1ccc(-c2ccc([C@H]3[C@@H](CO)N4CCCCN(C(=O)Cc5ccccc5)C[C@H]34)cc2)cc1. The standard InChI is InChI=1S/C30H34N2O3/c1-35-26-15-13-24(14-16-26)23-9-11-25(12-10-23)30-27-20-31(17-5-6-18-32(27)28(30)21-33)29(34)19-22-7-3-2-4-8-22/h2-4,7-16,27-28,30,33H,5-6,17-21H2,1H3/t27-,28-,30-/m1/s1. The molecule has 2 aliphatic rings. The van der Waals surface area contributed by atoms with Crippen molar-refractivity contribution >= 4 is 5.91 Å². The Labute approximate surface area is 208 Å². The van der Waals surface area contributed by atoms with Crippen LogP contribution in [0.5, 0.6) is 5.75 Å². The molecule has 2 heterocycles. The van der Waals surface area contributed by atoms with Crippen LogP contribution >= 0.6 is 0 Å². The summed E-state index contributed by atoms with van der Waals surface area (Å²) < 4.78 is 5.27. The second kappa shape index (κ2) is 10.6. The summed E-state index contributed by atoms with van der Waals surface area (Å²) in [6.45, 7) is 2.65. The number of amides is 1. The molecule has 1 N–H and O–H groups in total. The van der Waals surface area contributed by atoms with E-state index in [9.17, 15) is 9.90 Å². The predicted octanol–water partition coefficient (Wildman–Crippen LogP) is 4.36. The van der Waals surface area contributed by atoms with E-state index in [-0.39, 0.29) is 30.5 Å². The van der Waals surface area contributed by atoms with Crippen molar-refractivity contribution in [2.24, 2.45) is 0 Å². The van der Waals surface area contributed by atoms with Gasteiger partial charge in [0.2, 0.25) is 5.91 Å². The van der Waals surface area contributed by atoms with Gasteiger partial charge in [-0.05, 0) is 53.8 Å². The zero-order chi connectivity index (χ0) is 24.2. The zero-order valence-electron chi connectivity index (χ0n) is 20.3. The van der Waals surface area contributed by atoms with Crippen LogP contribution in [0.15, 0.2) is 78.9 Å². The van der Waals surface area contributed by atoms with Gasteiger partial charge in [-0.3, -0.25) is 9.69 Å². The number of fused-ring (bicyclic) bond motifs is 1. The second-order valence-corrected chi connectivity index (χ2v) is 9.64. The molecular formula is C30H34N2O3. The average Bonchev–Trinajstić information content (AvgIpc) is 2.89. The summed E-state index contributed by atoms with van der Waals surface area (Å²) in [5.74, 6) is 1.26. The quantitative estimate of drug-likeness (QED) is 0.582. The van der Waals surface area contributed by atoms with Gasteiger partial charge in [0, 0.05) is 31.1 Å². The summed E-state index contributed by atoms with van der Waals surface area (Å²) in [6.07, 6.45) is 2.49. The number of rotatable bonds is 6. The molecule has 0 aromatic heterocycles. The number of carbonyl (C=O) groups is 1. The minimum atomic E-state index is 0.107. The van der Waals surface area contributed by atoms with E-state index in [0.717, 1.165) is 48.4 Å². The van der Waals surface area contributed by atoms with E-state index in [1.165, 1.54) is 5.56 Å². The average molecular weight is 471 g/mol. The van der Waals surface area contributed by atoms with E-state index in [1.807, 2.05) is 42.5 Å². The normalized spacial score (nSPS) is 22.5. The largest absolute Gasteiger partial charge is 0.497 e. The highest BCUT2D eigenvalue weighted by Gasteiger charge is 2.49. The number of ether oxygens (including phenoxy) is 1. The highest BCUT2D eigenvalue weighted by Crippen LogP contribution is 2.42. The third kappa shape index (κ3) is 4.97. The molecule has 0 spiro atoms. The van der Waals surface area contributed by atoms with Crippen LogP contribution in [-0.2, 0) is 11.2 Å². The lowest BCUT2D eigenvalue weighted by Gasteiger charge is -2.57. The Hall–Kier alpha value is -3.15. The van der Waals surface area contributed by atoms with Crippen molar-refractivity contribution < 1.29 is 14.6 Å². The molecule has 5 rings (SSSR count). The van der Waals surface area contributed by atoms with Gasteiger partial charge in [0.1, 0.15) is 5.75 Å². The number of hydrogen-bond acceptors (Lipinski definition) is 4. The Kier molecular flexibility index (Phi) is 7.16. The van der Waals surface area contributed by atoms with Crippen molar-refractivity contribution in [1.82, 2.24) is 9.80 Å². The Balaban J connectivity index is 1.33. The topological polar surface area (TPSA) is 53.0 Å². The fourth-order valence-electron chi connectivity index (χ4n) is 5.73. The molecule has 5 heteroatoms. The first-order valence-corrected chi connectivity index (χ1v) is 12.6. The van der Waals surface area contributed by atoms with E-state index >= 15 is 0 Å². The molecule has 35 heavy (non-hydrogen) atoms. The van der Waals surface area contributed by atoms with Gasteiger partial charge in [0.15, 0.2) is 0 Å². The van der Waals surface area contributed by atoms with Crippen molar-refractivity contribution in [2.75, 3.05) is 33.4 Å². The summed E-state index contributed by atoms with van der Waals surface area (Å²) in [4.78, 5) is 17.7. The number of carbonyl (C=O) groups excluding carboxylic acids is 1. The van der Waals surface area contributed by atoms with Crippen molar-refractivity contribution in [3.8, 4) is 16.9 Å². The minimum absolute atomic E-state index is 0.107. The lowest BCUT2D eigenvalue weighted by atomic mass is 9.74. The molecule has 3 aromatic carbocycles. The molecule has 3 aromatic rings. The van der Waals surface area contributed by atoms with E-state index in [2.05, 4.69) is 46.2 Å². The summed E-state index contributed by atoms with van der Waals surface area (Å²) in [5, 5.41) is 10.2. The Morgan fingerprint density at radius 1 is 0.914 bits per heavy atom. The number of hydrogen-bond donors (Lipinski definition) is 1. The van der Waals surface area contributed by atoms with Gasteiger partial charge in [-0.1, -0.05) is 66.7 Å². The van der Waals surface area contributed by atoms with Crippen LogP contribution in [0, 0.1) is 0 Å². The molecule has 1 amide bonds. The highest BCUT2D eigenvalue weighted by atomic mass is 16.5. The molecule has 0 aliphatic carbocycles. The lowest BCUT2D eigenvalue weighted by molar-refractivity contribution is -0.135. The minimum Gasteiger partial charge on any atom is -0.497 e. The van der Waals surface area contributed by atoms with Gasteiger partial charge in [0.25, 0.3) is 0 Å². The second-order valence-electron chi connectivity index (χ2n) is 9.64. The van der Waals surface area contributed by atoms with Gasteiger partial charge in [0.05, 0.1) is 20.1 Å². The number of aliphatic hydroxyl groups is 1. The van der Waals surface area contributed by atoms with Gasteiger partial charge < -0.3 is 14.7 Å². The first-order chi connectivity index (χ1) is 17.2. The molecule has 2 aliphatic heterocycles. The molecule has 2 fully saturated rings. The first-order valence-electron chi connectivity index (χ1n) is 12.6. The summed E-state index contributed by atoms with van der Waals surface area (Å²) >= 11 is 0. The number of nitrogens with zero attached hydrogens (tertiary/aromatic N) is 2. The smallest absolute Gasteiger partial charge is 0.227 e. The van der Waals surface area contributed by atoms with Gasteiger partial charge >= 0.3 is 0 Å². The van der Waals surface area contributed by atoms with E-state index in [4.69, 9.17) is 4.74 Å². The van der Waals surface area contributed by atoms with Crippen molar-refractivity contribution in [1.29, 1.82) is 0 Å². The van der Waals surface area contributed by atoms with Crippen LogP contribution in [0.1, 0.15) is 29.9 Å². The Morgan fingerprint density at radius 3 is 2.23 bits per heavy atom. The zero-order valence-corrected chi connectivity index (χ0v) is 20.3. The first kappa shape index (κ1) is 23.6. The molecule has 0 bridgehead atoms. The van der Waals surface area contributed by atoms with E-state index in [1.54, 1.807) is 7.11 Å². The van der Waals surface area contributed by atoms with Gasteiger partial charge in [-0.25, -0.2) is 0 Å². The number of methoxy groups -OCH3 is 1. The monoisotopic (exact) mass is 470 g/mol. The Bertz CT molecular complexity index is 1110. The van der Waals surface area contributed by atoms with E-state index < -0.39 is 0 Å². The van der Waals surface area contributed by atoms with Crippen LogP contribution in [0.2, 0.25) is 0 Å². The highest BCUT2D eigenvalue weighted by molar-refractivity contribution is 5.79. The fourth-order valence-corrected chi connectivity index (χ4v) is 5.73. The molecule has 5 nitrogen and oxygen atoms in total. The van der Waals surface area contributed by atoms with Crippen LogP contribution < -0.4 is 4.74 Å². The van der Waals surface area contributed by atoms with E-state index in [0.29, 0.717) is 13.0 Å². The molecule has 0 unspecified atom stereocenters. The van der Waals surface area contributed by atoms with Crippen LogP contribution in [0.3, 0.4) is 0 Å². The summed E-state index contributed by atoms with van der Waals surface area (Å²) in [7, 11) is 1.68. The van der Waals surface area contributed by atoms with Gasteiger partial charge in [-0.15, -0.1) is 0 Å². The van der Waals surface area contributed by atoms with Crippen molar-refractivity contribution in [3.05, 3.63) is 90.0 Å². The van der Waals surface area contributed by atoms with Crippen molar-refractivity contribution in [3.63, 3.8) is 0 Å². The molecule has 3 atom stereocenters. The van der Waals surface area contributed by atoms with Crippen LogP contribution in [0.25, 0.3) is 11.1 Å². The lowest BCUT2D eigenvalue weighted by Crippen LogP contribution is -2.68. The molecule has 0 saturated carbocycles. The molecule has 182 valence electrons. The number of benzene rings is 3. The summed E-state index contributed by atoms with van der Waals surface area (Å²) in [6, 6.07) is 27.1. The maximum atomic E-state index is 13.2. The van der Waals surface area contributed by atoms with Crippen LogP contribution in [-0.4, -0.2) is 66.2 Å². The molecule has 2 saturated heterocycles. The van der Waals surface area contributed by atoms with Gasteiger partial charge in [-0.2, -0.15) is 0 Å². The van der Waals surface area contributed by atoms with Crippen LogP contribution in [0.4, 0.5) is 0 Å². The summed E-state index contributed by atoms with van der Waals surface area (Å²) in [5.41, 5.74) is 4.60.